The lowest BCUT2D eigenvalue weighted by atomic mass is 10.1. The first-order valence-corrected chi connectivity index (χ1v) is 14.9. The summed E-state index contributed by atoms with van der Waals surface area (Å²) in [7, 11) is 0. The number of hydrogen-bond donors (Lipinski definition) is 2. The number of fused-ring (bicyclic) bond motifs is 3. The number of nitrogens with zero attached hydrogens (tertiary/aromatic N) is 4. The number of para-hydroxylation sites is 1. The first-order valence-electron chi connectivity index (χ1n) is 14.9. The van der Waals surface area contributed by atoms with Crippen LogP contribution in [0.2, 0.25) is 0 Å². The highest BCUT2D eigenvalue weighted by Gasteiger charge is 2.28. The molecule has 0 aliphatic heterocycles. The molecule has 45 heavy (non-hydrogen) atoms. The van der Waals surface area contributed by atoms with Gasteiger partial charge in [-0.2, -0.15) is 5.21 Å². The Hall–Kier alpha value is -5.06. The third kappa shape index (κ3) is 7.72. The Balaban J connectivity index is 1.33. The van der Waals surface area contributed by atoms with E-state index in [1.807, 2.05) is 30.3 Å². The molecular weight excluding hydrogens is 572 g/mol. The number of carbonyl (C=O) groups excluding carboxylic acids is 3. The minimum absolute atomic E-state index is 0.0459. The van der Waals surface area contributed by atoms with E-state index in [2.05, 4.69) is 54.8 Å². The lowest BCUT2D eigenvalue weighted by Gasteiger charge is -2.25. The third-order valence-electron chi connectivity index (χ3n) is 6.99. The van der Waals surface area contributed by atoms with Crippen molar-refractivity contribution in [1.82, 2.24) is 30.5 Å². The van der Waals surface area contributed by atoms with Gasteiger partial charge in [0.15, 0.2) is 0 Å². The second kappa shape index (κ2) is 12.5. The molecule has 0 spiro atoms. The largest absolute Gasteiger partial charge is 0.460 e. The first-order chi connectivity index (χ1) is 21.3. The minimum atomic E-state index is -1.01. The fourth-order valence-corrected chi connectivity index (χ4v) is 5.11. The molecule has 2 aromatic heterocycles. The van der Waals surface area contributed by atoms with Crippen molar-refractivity contribution < 1.29 is 23.9 Å². The Morgan fingerprint density at radius 2 is 1.56 bits per heavy atom. The van der Waals surface area contributed by atoms with Crippen molar-refractivity contribution in [3.63, 3.8) is 0 Å². The van der Waals surface area contributed by atoms with E-state index in [4.69, 9.17) is 9.47 Å². The number of aromatic nitrogens is 5. The Morgan fingerprint density at radius 3 is 2.22 bits per heavy atom. The average Bonchev–Trinajstić information content (AvgIpc) is 3.61. The zero-order chi connectivity index (χ0) is 32.4. The molecule has 0 aliphatic carbocycles. The van der Waals surface area contributed by atoms with Crippen LogP contribution in [0.5, 0.6) is 0 Å². The van der Waals surface area contributed by atoms with Gasteiger partial charge in [0.05, 0.1) is 0 Å². The fourth-order valence-electron chi connectivity index (χ4n) is 5.11. The van der Waals surface area contributed by atoms with Gasteiger partial charge in [-0.15, -0.1) is 10.2 Å². The van der Waals surface area contributed by atoms with Gasteiger partial charge in [-0.25, -0.2) is 4.79 Å². The van der Waals surface area contributed by atoms with E-state index in [1.54, 1.807) is 53.7 Å². The summed E-state index contributed by atoms with van der Waals surface area (Å²) in [6.45, 7) is 11.1. The maximum Gasteiger partial charge on any atom is 0.329 e. The molecule has 0 radical (unpaired) electrons. The molecule has 11 heteroatoms. The van der Waals surface area contributed by atoms with Gasteiger partial charge in [0.25, 0.3) is 5.91 Å². The fraction of sp³-hybridized carbons (Fsp3) is 0.353. The molecule has 2 N–H and O–H groups in total. The van der Waals surface area contributed by atoms with Crippen LogP contribution in [0.1, 0.15) is 70.3 Å². The lowest BCUT2D eigenvalue weighted by Crippen LogP contribution is -2.44. The molecular formula is C34H38N6O5. The second-order valence-corrected chi connectivity index (χ2v) is 13.0. The topological polar surface area (TPSA) is 141 Å². The summed E-state index contributed by atoms with van der Waals surface area (Å²) in [5.74, 6) is -0.968. The summed E-state index contributed by atoms with van der Waals surface area (Å²) in [6, 6.07) is 20.5. The van der Waals surface area contributed by atoms with Crippen molar-refractivity contribution in [3.8, 4) is 11.4 Å². The van der Waals surface area contributed by atoms with E-state index < -0.39 is 35.1 Å². The van der Waals surface area contributed by atoms with Gasteiger partial charge < -0.3 is 19.4 Å². The second-order valence-electron chi connectivity index (χ2n) is 13.0. The van der Waals surface area contributed by atoms with Crippen LogP contribution in [0.15, 0.2) is 66.7 Å². The van der Waals surface area contributed by atoms with E-state index in [0.29, 0.717) is 17.9 Å². The van der Waals surface area contributed by atoms with Crippen molar-refractivity contribution >= 4 is 39.7 Å². The molecule has 5 rings (SSSR count). The van der Waals surface area contributed by atoms with Gasteiger partial charge in [-0.05, 0) is 95.1 Å². The number of rotatable bonds is 9. The van der Waals surface area contributed by atoms with E-state index >= 15 is 0 Å². The van der Waals surface area contributed by atoms with Gasteiger partial charge in [0, 0.05) is 45.9 Å². The van der Waals surface area contributed by atoms with Crippen LogP contribution >= 0.6 is 0 Å². The normalized spacial score (nSPS) is 12.7. The minimum Gasteiger partial charge on any atom is -0.460 e. The molecule has 1 amide bonds. The van der Waals surface area contributed by atoms with Crippen LogP contribution < -0.4 is 5.32 Å². The number of benzene rings is 3. The van der Waals surface area contributed by atoms with Crippen LogP contribution in [0.4, 0.5) is 0 Å². The molecule has 2 heterocycles. The Morgan fingerprint density at radius 1 is 0.867 bits per heavy atom. The van der Waals surface area contributed by atoms with Crippen LogP contribution in [-0.4, -0.2) is 60.3 Å². The highest BCUT2D eigenvalue weighted by Crippen LogP contribution is 2.32. The van der Waals surface area contributed by atoms with Gasteiger partial charge in [0.1, 0.15) is 17.2 Å². The van der Waals surface area contributed by atoms with Crippen molar-refractivity contribution in [3.05, 3.63) is 77.9 Å². The molecule has 0 saturated heterocycles. The van der Waals surface area contributed by atoms with E-state index in [-0.39, 0.29) is 12.8 Å². The van der Waals surface area contributed by atoms with Crippen molar-refractivity contribution in [1.29, 1.82) is 0 Å². The molecule has 3 aromatic carbocycles. The molecule has 1 atom stereocenters. The summed E-state index contributed by atoms with van der Waals surface area (Å²) >= 11 is 0. The average molecular weight is 611 g/mol. The van der Waals surface area contributed by atoms with E-state index in [1.165, 1.54) is 0 Å². The van der Waals surface area contributed by atoms with Crippen molar-refractivity contribution in [2.45, 2.75) is 78.2 Å². The Kier molecular flexibility index (Phi) is 8.72. The SMILES string of the molecule is CC(C)(C)OC(=O)CC[C@H](NC(=O)c1ccc(Cn2c3ccccc3c3cc(-c4nn[nH]n4)ccc32)cc1)C(=O)OC(C)(C)C. The number of ether oxygens (including phenoxy) is 2. The zero-order valence-electron chi connectivity index (χ0n) is 26.4. The maximum atomic E-state index is 13.2. The Labute approximate surface area is 261 Å². The number of nitrogens with one attached hydrogen (secondary N) is 2. The quantitative estimate of drug-likeness (QED) is 0.206. The summed E-state index contributed by atoms with van der Waals surface area (Å²) in [5, 5.41) is 19.3. The highest BCUT2D eigenvalue weighted by molar-refractivity contribution is 6.09. The van der Waals surface area contributed by atoms with Crippen LogP contribution in [-0.2, 0) is 25.6 Å². The van der Waals surface area contributed by atoms with Gasteiger partial charge in [-0.1, -0.05) is 30.3 Å². The lowest BCUT2D eigenvalue weighted by molar-refractivity contribution is -0.158. The van der Waals surface area contributed by atoms with Crippen molar-refractivity contribution in [2.24, 2.45) is 0 Å². The smallest absolute Gasteiger partial charge is 0.329 e. The molecule has 0 aliphatic rings. The molecule has 5 aromatic rings. The number of carbonyl (C=O) groups is 3. The maximum absolute atomic E-state index is 13.2. The molecule has 234 valence electrons. The molecule has 11 nitrogen and oxygen atoms in total. The van der Waals surface area contributed by atoms with Crippen molar-refractivity contribution in [2.75, 3.05) is 0 Å². The molecule has 0 bridgehead atoms. The summed E-state index contributed by atoms with van der Waals surface area (Å²) < 4.78 is 13.1. The molecule has 0 unspecified atom stereocenters. The number of amides is 1. The highest BCUT2D eigenvalue weighted by atomic mass is 16.6. The van der Waals surface area contributed by atoms with Crippen LogP contribution in [0.25, 0.3) is 33.2 Å². The summed E-state index contributed by atoms with van der Waals surface area (Å²) in [5.41, 5.74) is 2.96. The molecule has 0 saturated carbocycles. The van der Waals surface area contributed by atoms with Crippen LogP contribution in [0, 0.1) is 0 Å². The third-order valence-corrected chi connectivity index (χ3v) is 6.99. The van der Waals surface area contributed by atoms with E-state index in [9.17, 15) is 14.4 Å². The number of hydrogen-bond acceptors (Lipinski definition) is 8. The predicted molar refractivity (Wildman–Crippen MR) is 170 cm³/mol. The van der Waals surface area contributed by atoms with Gasteiger partial charge >= 0.3 is 11.9 Å². The van der Waals surface area contributed by atoms with E-state index in [0.717, 1.165) is 32.9 Å². The monoisotopic (exact) mass is 610 g/mol. The summed E-state index contributed by atoms with van der Waals surface area (Å²) in [4.78, 5) is 38.5. The number of H-pyrrole nitrogens is 1. The van der Waals surface area contributed by atoms with Gasteiger partial charge in [0.2, 0.25) is 5.82 Å². The standard InChI is InChI=1S/C34H38N6O5/c1-33(2,3)44-29(41)18-16-26(32(43)45-34(4,5)6)35-31(42)22-13-11-21(12-14-22)20-40-27-10-8-7-9-24(27)25-19-23(15-17-28(25)40)30-36-38-39-37-30/h7-15,17,19,26H,16,18,20H2,1-6H3,(H,35,42)(H,36,37,38,39)/t26-/m0/s1. The number of tetrazole rings is 1. The number of esters is 2. The summed E-state index contributed by atoms with van der Waals surface area (Å²) in [6.07, 6.45) is 0.00559. The predicted octanol–water partition coefficient (Wildman–Crippen LogP) is 5.58. The van der Waals surface area contributed by atoms with Crippen LogP contribution in [0.3, 0.4) is 0 Å². The molecule has 0 fully saturated rings. The first kappa shape index (κ1) is 31.4. The van der Waals surface area contributed by atoms with Gasteiger partial charge in [-0.3, -0.25) is 9.59 Å². The Bertz CT molecular complexity index is 1830. The zero-order valence-corrected chi connectivity index (χ0v) is 26.4. The number of aromatic amines is 1.